The second-order valence-electron chi connectivity index (χ2n) is 4.58. The van der Waals surface area contributed by atoms with Gasteiger partial charge in [-0.25, -0.2) is 0 Å². The van der Waals surface area contributed by atoms with Crippen molar-refractivity contribution in [1.82, 2.24) is 0 Å². The molecule has 0 aromatic carbocycles. The van der Waals surface area contributed by atoms with Gasteiger partial charge in [0.15, 0.2) is 0 Å². The Kier molecular flexibility index (Phi) is 7.96. The van der Waals surface area contributed by atoms with Crippen LogP contribution < -0.4 is 0 Å². The molecule has 3 unspecified atom stereocenters. The molecule has 0 bridgehead atoms. The molecule has 1 N–H and O–H groups in total. The number of hydrogen-bond donors (Lipinski definition) is 1. The fraction of sp³-hybridized carbons (Fsp3) is 0.923. The maximum Gasteiger partial charge on any atom is 0.295 e. The molecule has 0 radical (unpaired) electrons. The Hall–Kier alpha value is -0.650. The molecule has 1 saturated heterocycles. The first-order valence-corrected chi connectivity index (χ1v) is 6.80. The van der Waals surface area contributed by atoms with Gasteiger partial charge in [-0.05, 0) is 12.8 Å². The molecule has 0 spiro atoms. The number of carbonyl (C=O) groups is 1. The highest BCUT2D eigenvalue weighted by Crippen LogP contribution is 2.19. The lowest BCUT2D eigenvalue weighted by Crippen LogP contribution is -2.38. The van der Waals surface area contributed by atoms with E-state index < -0.39 is 18.5 Å². The van der Waals surface area contributed by atoms with Gasteiger partial charge in [0.05, 0.1) is 12.7 Å². The smallest absolute Gasteiger partial charge is 0.295 e. The first-order valence-electron chi connectivity index (χ1n) is 6.80. The summed E-state index contributed by atoms with van der Waals surface area (Å²) in [6.45, 7) is 3.51. The van der Waals surface area contributed by atoms with Crippen LogP contribution in [0.2, 0.25) is 0 Å². The summed E-state index contributed by atoms with van der Waals surface area (Å²) in [5.41, 5.74) is 0. The maximum absolute atomic E-state index is 10.4. The van der Waals surface area contributed by atoms with E-state index in [4.69, 9.17) is 14.2 Å². The van der Waals surface area contributed by atoms with Crippen LogP contribution in [0.25, 0.3) is 0 Å². The van der Waals surface area contributed by atoms with E-state index in [1.807, 2.05) is 0 Å². The van der Waals surface area contributed by atoms with Gasteiger partial charge in [0.2, 0.25) is 6.29 Å². The molecule has 5 nitrogen and oxygen atoms in total. The lowest BCUT2D eigenvalue weighted by atomic mass is 10.1. The molecule has 1 rings (SSSR count). The van der Waals surface area contributed by atoms with E-state index in [0.717, 1.165) is 12.8 Å². The van der Waals surface area contributed by atoms with Gasteiger partial charge in [-0.2, -0.15) is 0 Å². The van der Waals surface area contributed by atoms with Crippen molar-refractivity contribution >= 4 is 6.47 Å². The molecule has 0 aromatic rings. The van der Waals surface area contributed by atoms with E-state index in [9.17, 15) is 9.90 Å². The molecule has 0 saturated carbocycles. The minimum absolute atomic E-state index is 0.343. The minimum Gasteiger partial charge on any atom is -0.435 e. The van der Waals surface area contributed by atoms with Crippen LogP contribution in [0.15, 0.2) is 0 Å². The minimum atomic E-state index is -0.786. The monoisotopic (exact) mass is 260 g/mol. The summed E-state index contributed by atoms with van der Waals surface area (Å²) in [5.74, 6) is 0. The summed E-state index contributed by atoms with van der Waals surface area (Å²) >= 11 is 0. The average molecular weight is 260 g/mol. The van der Waals surface area contributed by atoms with Crippen LogP contribution in [0.3, 0.4) is 0 Å². The molecule has 0 aromatic heterocycles. The van der Waals surface area contributed by atoms with Gasteiger partial charge in [0, 0.05) is 6.61 Å². The van der Waals surface area contributed by atoms with Crippen LogP contribution in [-0.4, -0.2) is 43.3 Å². The molecule has 18 heavy (non-hydrogen) atoms. The van der Waals surface area contributed by atoms with E-state index in [1.54, 1.807) is 0 Å². The molecule has 1 heterocycles. The second kappa shape index (κ2) is 9.30. The zero-order valence-corrected chi connectivity index (χ0v) is 11.0. The lowest BCUT2D eigenvalue weighted by Gasteiger charge is -2.23. The summed E-state index contributed by atoms with van der Waals surface area (Å²) in [4.78, 5) is 10.4. The SMILES string of the molecule is CCCCCCCOC(OC=O)C1OCCC1O. The average Bonchev–Trinajstić information content (AvgIpc) is 2.78. The van der Waals surface area contributed by atoms with Gasteiger partial charge >= 0.3 is 0 Å². The molecule has 0 aliphatic carbocycles. The predicted octanol–water partition coefficient (Wildman–Crippen LogP) is 1.62. The fourth-order valence-electron chi connectivity index (χ4n) is 2.03. The van der Waals surface area contributed by atoms with Crippen LogP contribution in [0.4, 0.5) is 0 Å². The maximum atomic E-state index is 10.4. The molecular formula is C13H24O5. The van der Waals surface area contributed by atoms with Crippen LogP contribution in [0.1, 0.15) is 45.4 Å². The summed E-state index contributed by atoms with van der Waals surface area (Å²) in [5, 5.41) is 9.66. The molecule has 1 fully saturated rings. The van der Waals surface area contributed by atoms with Crippen molar-refractivity contribution in [3.63, 3.8) is 0 Å². The first-order chi connectivity index (χ1) is 8.79. The van der Waals surface area contributed by atoms with Gasteiger partial charge in [-0.1, -0.05) is 32.6 Å². The van der Waals surface area contributed by atoms with Crippen molar-refractivity contribution in [2.24, 2.45) is 0 Å². The number of ether oxygens (including phenoxy) is 3. The third-order valence-electron chi connectivity index (χ3n) is 3.09. The molecule has 1 aliphatic heterocycles. The number of aliphatic hydroxyl groups excluding tert-OH is 1. The zero-order valence-electron chi connectivity index (χ0n) is 11.0. The molecule has 1 aliphatic rings. The highest BCUT2D eigenvalue weighted by atomic mass is 16.7. The Labute approximate surface area is 108 Å². The van der Waals surface area contributed by atoms with E-state index in [1.165, 1.54) is 19.3 Å². The van der Waals surface area contributed by atoms with Crippen molar-refractivity contribution < 1.29 is 24.1 Å². The molecule has 0 amide bonds. The Morgan fingerprint density at radius 1 is 1.39 bits per heavy atom. The van der Waals surface area contributed by atoms with E-state index in [0.29, 0.717) is 26.1 Å². The molecule has 106 valence electrons. The summed E-state index contributed by atoms with van der Waals surface area (Å²) < 4.78 is 15.6. The predicted molar refractivity (Wildman–Crippen MR) is 66.0 cm³/mol. The van der Waals surface area contributed by atoms with Gasteiger partial charge in [0.25, 0.3) is 6.47 Å². The Bertz CT molecular complexity index is 221. The van der Waals surface area contributed by atoms with Crippen LogP contribution in [0.5, 0.6) is 0 Å². The van der Waals surface area contributed by atoms with Crippen molar-refractivity contribution in [3.05, 3.63) is 0 Å². The Morgan fingerprint density at radius 2 is 2.17 bits per heavy atom. The highest BCUT2D eigenvalue weighted by molar-refractivity contribution is 5.37. The molecular weight excluding hydrogens is 236 g/mol. The largest absolute Gasteiger partial charge is 0.435 e. The number of aliphatic hydroxyl groups is 1. The highest BCUT2D eigenvalue weighted by Gasteiger charge is 2.35. The fourth-order valence-corrected chi connectivity index (χ4v) is 2.03. The van der Waals surface area contributed by atoms with Crippen LogP contribution in [0, 0.1) is 0 Å². The van der Waals surface area contributed by atoms with Gasteiger partial charge in [-0.15, -0.1) is 0 Å². The quantitative estimate of drug-likeness (QED) is 0.367. The van der Waals surface area contributed by atoms with E-state index in [2.05, 4.69) is 6.92 Å². The van der Waals surface area contributed by atoms with Crippen molar-refractivity contribution in [2.45, 2.75) is 63.9 Å². The Morgan fingerprint density at radius 3 is 2.78 bits per heavy atom. The lowest BCUT2D eigenvalue weighted by molar-refractivity contribution is -0.203. The summed E-state index contributed by atoms with van der Waals surface area (Å²) in [6.07, 6.45) is 4.28. The van der Waals surface area contributed by atoms with Crippen molar-refractivity contribution in [3.8, 4) is 0 Å². The van der Waals surface area contributed by atoms with Crippen molar-refractivity contribution in [2.75, 3.05) is 13.2 Å². The standard InChI is InChI=1S/C13H24O5/c1-2-3-4-5-6-8-17-13(18-10-14)12-11(15)7-9-16-12/h10-13,15H,2-9H2,1H3. The molecule has 5 heteroatoms. The number of hydrogen-bond acceptors (Lipinski definition) is 5. The van der Waals surface area contributed by atoms with E-state index >= 15 is 0 Å². The second-order valence-corrected chi connectivity index (χ2v) is 4.58. The number of rotatable bonds is 10. The van der Waals surface area contributed by atoms with Gasteiger partial charge in [-0.3, -0.25) is 4.79 Å². The van der Waals surface area contributed by atoms with Gasteiger partial charge < -0.3 is 19.3 Å². The van der Waals surface area contributed by atoms with E-state index in [-0.39, 0.29) is 0 Å². The summed E-state index contributed by atoms with van der Waals surface area (Å²) in [7, 11) is 0. The first kappa shape index (κ1) is 15.4. The Balaban J connectivity index is 2.19. The zero-order chi connectivity index (χ0) is 13.2. The third kappa shape index (κ3) is 5.33. The summed E-state index contributed by atoms with van der Waals surface area (Å²) in [6, 6.07) is 0. The third-order valence-corrected chi connectivity index (χ3v) is 3.09. The normalized spacial score (nSPS) is 25.0. The van der Waals surface area contributed by atoms with Crippen LogP contribution in [-0.2, 0) is 19.0 Å². The number of carbonyl (C=O) groups excluding carboxylic acids is 1. The topological polar surface area (TPSA) is 65.0 Å². The van der Waals surface area contributed by atoms with Crippen molar-refractivity contribution in [1.29, 1.82) is 0 Å². The van der Waals surface area contributed by atoms with Gasteiger partial charge in [0.1, 0.15) is 6.10 Å². The molecule has 3 atom stereocenters. The van der Waals surface area contributed by atoms with Crippen LogP contribution >= 0.6 is 0 Å². The number of unbranched alkanes of at least 4 members (excludes halogenated alkanes) is 4.